The van der Waals surface area contributed by atoms with Crippen LogP contribution in [0.2, 0.25) is 0 Å². The smallest absolute Gasteiger partial charge is 0.232 e. The van der Waals surface area contributed by atoms with E-state index in [0.29, 0.717) is 24.1 Å². The zero-order chi connectivity index (χ0) is 14.4. The Morgan fingerprint density at radius 1 is 1.53 bits per heavy atom. The fourth-order valence-corrected chi connectivity index (χ4v) is 2.63. The van der Waals surface area contributed by atoms with Crippen molar-refractivity contribution in [1.29, 1.82) is 0 Å². The predicted molar refractivity (Wildman–Crippen MR) is 81.0 cm³/mol. The molecule has 2 unspecified atom stereocenters. The average Bonchev–Trinajstić information content (AvgIpc) is 3.19. The van der Waals surface area contributed by atoms with E-state index in [1.165, 1.54) is 12.8 Å². The van der Waals surface area contributed by atoms with E-state index >= 15 is 0 Å². The summed E-state index contributed by atoms with van der Waals surface area (Å²) >= 11 is 5.06. The van der Waals surface area contributed by atoms with Gasteiger partial charge in [-0.05, 0) is 32.1 Å². The molecular weight excluding hydrogens is 260 g/mol. The largest absolute Gasteiger partial charge is 0.393 e. The van der Waals surface area contributed by atoms with E-state index in [9.17, 15) is 4.79 Å². The van der Waals surface area contributed by atoms with Crippen LogP contribution >= 0.6 is 12.2 Å². The number of carbonyl (C=O) groups is 1. The molecular formula is C14H26N2O2S. The molecule has 19 heavy (non-hydrogen) atoms. The van der Waals surface area contributed by atoms with Crippen LogP contribution in [0.25, 0.3) is 0 Å². The number of thiocarbonyl (C=S) groups is 1. The third-order valence-corrected chi connectivity index (χ3v) is 4.12. The van der Waals surface area contributed by atoms with Crippen LogP contribution in [0.15, 0.2) is 0 Å². The maximum Gasteiger partial charge on any atom is 0.232 e. The number of hydrogen-bond acceptors (Lipinski definition) is 3. The molecule has 4 nitrogen and oxygen atoms in total. The molecule has 0 aromatic heterocycles. The standard InChI is InChI=1S/C14H26N2O2S/c1-4-5-12(13(15)19)14(17)16(8-9-18-3)10(2)11-6-7-11/h10-12H,4-9H2,1-3H3,(H2,15,19). The van der Waals surface area contributed by atoms with Crippen LogP contribution in [0, 0.1) is 11.8 Å². The number of amides is 1. The Kier molecular flexibility index (Phi) is 6.72. The van der Waals surface area contributed by atoms with Crippen molar-refractivity contribution in [2.24, 2.45) is 17.6 Å². The molecule has 1 saturated carbocycles. The van der Waals surface area contributed by atoms with Crippen LogP contribution in [0.1, 0.15) is 39.5 Å². The third kappa shape index (κ3) is 4.73. The summed E-state index contributed by atoms with van der Waals surface area (Å²) in [6, 6.07) is 0.261. The Morgan fingerprint density at radius 3 is 2.58 bits per heavy atom. The lowest BCUT2D eigenvalue weighted by molar-refractivity contribution is -0.136. The molecule has 0 saturated heterocycles. The molecule has 0 spiro atoms. The lowest BCUT2D eigenvalue weighted by Gasteiger charge is -2.32. The van der Waals surface area contributed by atoms with Crippen LogP contribution in [0.4, 0.5) is 0 Å². The van der Waals surface area contributed by atoms with Crippen LogP contribution in [0.5, 0.6) is 0 Å². The van der Waals surface area contributed by atoms with Crippen LogP contribution in [-0.4, -0.2) is 42.1 Å². The zero-order valence-corrected chi connectivity index (χ0v) is 13.0. The molecule has 1 aliphatic carbocycles. The highest BCUT2D eigenvalue weighted by Crippen LogP contribution is 2.35. The highest BCUT2D eigenvalue weighted by Gasteiger charge is 2.36. The van der Waals surface area contributed by atoms with Gasteiger partial charge in [-0.2, -0.15) is 0 Å². The lowest BCUT2D eigenvalue weighted by atomic mass is 10.0. The first-order valence-corrected chi connectivity index (χ1v) is 7.52. The average molecular weight is 286 g/mol. The van der Waals surface area contributed by atoms with Gasteiger partial charge in [-0.1, -0.05) is 25.6 Å². The summed E-state index contributed by atoms with van der Waals surface area (Å²) in [5.41, 5.74) is 5.73. The van der Waals surface area contributed by atoms with E-state index < -0.39 is 0 Å². The van der Waals surface area contributed by atoms with E-state index in [4.69, 9.17) is 22.7 Å². The molecule has 2 N–H and O–H groups in total. The molecule has 0 aliphatic heterocycles. The van der Waals surface area contributed by atoms with E-state index in [0.717, 1.165) is 12.8 Å². The summed E-state index contributed by atoms with van der Waals surface area (Å²) in [7, 11) is 1.65. The minimum atomic E-state index is -0.321. The molecule has 1 aliphatic rings. The molecule has 1 amide bonds. The van der Waals surface area contributed by atoms with Crippen molar-refractivity contribution in [2.75, 3.05) is 20.3 Å². The van der Waals surface area contributed by atoms with Crippen molar-refractivity contribution in [3.8, 4) is 0 Å². The van der Waals surface area contributed by atoms with Crippen LogP contribution < -0.4 is 5.73 Å². The highest BCUT2D eigenvalue weighted by atomic mass is 32.1. The van der Waals surface area contributed by atoms with Gasteiger partial charge in [0, 0.05) is 19.7 Å². The van der Waals surface area contributed by atoms with Gasteiger partial charge in [0.1, 0.15) is 0 Å². The quantitative estimate of drug-likeness (QED) is 0.658. The SMILES string of the molecule is CCCC(C(=O)N(CCOC)C(C)C1CC1)C(N)=S. The third-order valence-electron chi connectivity index (χ3n) is 3.83. The summed E-state index contributed by atoms with van der Waals surface area (Å²) in [5, 5.41) is 0. The number of methoxy groups -OCH3 is 1. The number of nitrogens with two attached hydrogens (primary N) is 1. The Labute approximate surface area is 121 Å². The van der Waals surface area contributed by atoms with Gasteiger partial charge in [-0.25, -0.2) is 0 Å². The van der Waals surface area contributed by atoms with Gasteiger partial charge in [-0.3, -0.25) is 4.79 Å². The van der Waals surface area contributed by atoms with Gasteiger partial charge < -0.3 is 15.4 Å². The molecule has 1 rings (SSSR count). The van der Waals surface area contributed by atoms with E-state index in [1.54, 1.807) is 7.11 Å². The van der Waals surface area contributed by atoms with Crippen LogP contribution in [0.3, 0.4) is 0 Å². The van der Waals surface area contributed by atoms with Gasteiger partial charge in [0.05, 0.1) is 17.5 Å². The second-order valence-electron chi connectivity index (χ2n) is 5.35. The normalized spacial score (nSPS) is 17.8. The Hall–Kier alpha value is -0.680. The van der Waals surface area contributed by atoms with Crippen molar-refractivity contribution in [3.05, 3.63) is 0 Å². The molecule has 1 fully saturated rings. The number of rotatable bonds is 9. The molecule has 0 aromatic carbocycles. The fraction of sp³-hybridized carbons (Fsp3) is 0.857. The topological polar surface area (TPSA) is 55.6 Å². The Morgan fingerprint density at radius 2 is 2.16 bits per heavy atom. The van der Waals surface area contributed by atoms with Gasteiger partial charge >= 0.3 is 0 Å². The molecule has 110 valence electrons. The van der Waals surface area contributed by atoms with Crippen LogP contribution in [-0.2, 0) is 9.53 Å². The second kappa shape index (κ2) is 7.80. The Bertz CT molecular complexity index is 319. The maximum absolute atomic E-state index is 12.7. The van der Waals surface area contributed by atoms with E-state index in [2.05, 4.69) is 6.92 Å². The van der Waals surface area contributed by atoms with Crippen molar-refractivity contribution < 1.29 is 9.53 Å². The lowest BCUT2D eigenvalue weighted by Crippen LogP contribution is -2.47. The number of nitrogens with zero attached hydrogens (tertiary/aromatic N) is 1. The summed E-state index contributed by atoms with van der Waals surface area (Å²) in [6.07, 6.45) is 4.06. The fourth-order valence-electron chi connectivity index (χ4n) is 2.41. The first kappa shape index (κ1) is 16.4. The maximum atomic E-state index is 12.7. The minimum absolute atomic E-state index is 0.0748. The van der Waals surface area contributed by atoms with Crippen molar-refractivity contribution in [2.45, 2.75) is 45.6 Å². The Balaban J connectivity index is 2.75. The van der Waals surface area contributed by atoms with Gasteiger partial charge in [0.2, 0.25) is 5.91 Å². The van der Waals surface area contributed by atoms with Crippen molar-refractivity contribution in [3.63, 3.8) is 0 Å². The number of hydrogen-bond donors (Lipinski definition) is 1. The molecule has 0 heterocycles. The number of ether oxygens (including phenoxy) is 1. The first-order valence-electron chi connectivity index (χ1n) is 7.11. The van der Waals surface area contributed by atoms with E-state index in [1.807, 2.05) is 11.8 Å². The van der Waals surface area contributed by atoms with Gasteiger partial charge in [-0.15, -0.1) is 0 Å². The molecule has 2 atom stereocenters. The summed E-state index contributed by atoms with van der Waals surface area (Å²) in [5.74, 6) is 0.387. The molecule has 5 heteroatoms. The summed E-state index contributed by atoms with van der Waals surface area (Å²) in [6.45, 7) is 5.34. The minimum Gasteiger partial charge on any atom is -0.393 e. The summed E-state index contributed by atoms with van der Waals surface area (Å²) < 4.78 is 5.12. The first-order chi connectivity index (χ1) is 9.02. The van der Waals surface area contributed by atoms with Gasteiger partial charge in [0.15, 0.2) is 0 Å². The number of carbonyl (C=O) groups excluding carboxylic acids is 1. The predicted octanol–water partition coefficient (Wildman–Crippen LogP) is 1.96. The monoisotopic (exact) mass is 286 g/mol. The highest BCUT2D eigenvalue weighted by molar-refractivity contribution is 7.80. The molecule has 0 aromatic rings. The summed E-state index contributed by atoms with van der Waals surface area (Å²) in [4.78, 5) is 14.9. The zero-order valence-electron chi connectivity index (χ0n) is 12.2. The second-order valence-corrected chi connectivity index (χ2v) is 5.82. The molecule has 0 radical (unpaired) electrons. The van der Waals surface area contributed by atoms with Gasteiger partial charge in [0.25, 0.3) is 0 Å². The molecule has 0 bridgehead atoms. The van der Waals surface area contributed by atoms with Crippen molar-refractivity contribution in [1.82, 2.24) is 4.90 Å². The van der Waals surface area contributed by atoms with E-state index in [-0.39, 0.29) is 17.9 Å². The van der Waals surface area contributed by atoms with Crippen molar-refractivity contribution >= 4 is 23.1 Å².